The Labute approximate surface area is 79.9 Å². The average Bonchev–Trinajstić information content (AvgIpc) is 2.59. The van der Waals surface area contributed by atoms with E-state index in [-0.39, 0.29) is 11.7 Å². The summed E-state index contributed by atoms with van der Waals surface area (Å²) in [6.07, 6.45) is 1.79. The minimum atomic E-state index is -0.148. The molecular weight excluding hydrogens is 188 g/mol. The monoisotopic (exact) mass is 194 g/mol. The maximum Gasteiger partial charge on any atom is 0.197 e. The molecule has 0 bridgehead atoms. The summed E-state index contributed by atoms with van der Waals surface area (Å²) in [4.78, 5) is 11.2. The van der Waals surface area contributed by atoms with Crippen LogP contribution in [-0.4, -0.2) is 21.3 Å². The molecule has 2 rings (SSSR count). The lowest BCUT2D eigenvalue weighted by Crippen LogP contribution is -2.00. The van der Waals surface area contributed by atoms with Gasteiger partial charge in [0, 0.05) is 6.20 Å². The van der Waals surface area contributed by atoms with Crippen molar-refractivity contribution < 1.29 is 4.79 Å². The van der Waals surface area contributed by atoms with Gasteiger partial charge < -0.3 is 0 Å². The Morgan fingerprint density at radius 2 is 2.38 bits per heavy atom. The highest BCUT2D eigenvalue weighted by Crippen LogP contribution is 2.06. The van der Waals surface area contributed by atoms with Crippen LogP contribution >= 0.6 is 11.6 Å². The summed E-state index contributed by atoms with van der Waals surface area (Å²) in [5.74, 6) is -0.172. The molecule has 0 spiro atoms. The van der Waals surface area contributed by atoms with Gasteiger partial charge in [0.05, 0.1) is 11.4 Å². The van der Waals surface area contributed by atoms with Crippen LogP contribution in [0.5, 0.6) is 0 Å². The Bertz CT molecular complexity index is 417. The predicted octanol–water partition coefficient (Wildman–Crippen LogP) is 1.76. The van der Waals surface area contributed by atoms with Crippen LogP contribution in [-0.2, 0) is 0 Å². The number of ketones is 1. The van der Waals surface area contributed by atoms with Crippen LogP contribution in [0.3, 0.4) is 0 Å². The molecule has 0 aliphatic heterocycles. The van der Waals surface area contributed by atoms with E-state index in [4.69, 9.17) is 11.6 Å². The summed E-state index contributed by atoms with van der Waals surface area (Å²) in [5, 5.41) is 4.07. The number of aromatic nitrogens is 2. The molecule has 0 fully saturated rings. The molecular formula is C9H7ClN2O. The van der Waals surface area contributed by atoms with Crippen molar-refractivity contribution in [1.82, 2.24) is 9.61 Å². The van der Waals surface area contributed by atoms with Crippen molar-refractivity contribution in [2.24, 2.45) is 0 Å². The second-order valence-corrected chi connectivity index (χ2v) is 2.92. The van der Waals surface area contributed by atoms with Crippen LogP contribution in [0.4, 0.5) is 0 Å². The van der Waals surface area contributed by atoms with E-state index in [1.165, 1.54) is 0 Å². The minimum absolute atomic E-state index is 0.0239. The maximum atomic E-state index is 11.2. The van der Waals surface area contributed by atoms with Gasteiger partial charge in [0.2, 0.25) is 0 Å². The van der Waals surface area contributed by atoms with Crippen LogP contribution < -0.4 is 0 Å². The molecule has 66 valence electrons. The summed E-state index contributed by atoms with van der Waals surface area (Å²) >= 11 is 5.42. The fraction of sp³-hybridized carbons (Fsp3) is 0.111. The lowest BCUT2D eigenvalue weighted by molar-refractivity contribution is 0.101. The first-order chi connectivity index (χ1) is 6.31. The second kappa shape index (κ2) is 3.18. The van der Waals surface area contributed by atoms with Gasteiger partial charge >= 0.3 is 0 Å². The molecule has 0 radical (unpaired) electrons. The number of Topliss-reactive ketones (excluding diaryl/α,β-unsaturated/α-hetero) is 1. The zero-order valence-electron chi connectivity index (χ0n) is 6.77. The lowest BCUT2D eigenvalue weighted by atomic mass is 10.3. The molecule has 2 aromatic heterocycles. The van der Waals surface area contributed by atoms with Crippen LogP contribution in [0.25, 0.3) is 5.52 Å². The van der Waals surface area contributed by atoms with E-state index in [9.17, 15) is 4.79 Å². The first-order valence-electron chi connectivity index (χ1n) is 3.85. The molecule has 0 atom stereocenters. The van der Waals surface area contributed by atoms with Crippen LogP contribution in [0.1, 0.15) is 10.5 Å². The Morgan fingerprint density at radius 3 is 3.08 bits per heavy atom. The molecule has 4 heteroatoms. The van der Waals surface area contributed by atoms with Gasteiger partial charge in [-0.3, -0.25) is 4.79 Å². The van der Waals surface area contributed by atoms with Crippen molar-refractivity contribution in [3.05, 3.63) is 36.2 Å². The number of carbonyl (C=O) groups is 1. The van der Waals surface area contributed by atoms with E-state index in [1.54, 1.807) is 16.8 Å². The molecule has 0 amide bonds. The quantitative estimate of drug-likeness (QED) is 0.539. The van der Waals surface area contributed by atoms with Crippen molar-refractivity contribution in [3.63, 3.8) is 0 Å². The Hall–Kier alpha value is -1.35. The summed E-state index contributed by atoms with van der Waals surface area (Å²) in [6.45, 7) is 0. The third-order valence-corrected chi connectivity index (χ3v) is 2.02. The number of carbonyl (C=O) groups excluding carboxylic acids is 1. The van der Waals surface area contributed by atoms with E-state index in [0.717, 1.165) is 5.52 Å². The van der Waals surface area contributed by atoms with Gasteiger partial charge in [0.15, 0.2) is 5.78 Å². The topological polar surface area (TPSA) is 34.4 Å². The first kappa shape index (κ1) is 8.26. The van der Waals surface area contributed by atoms with Gasteiger partial charge in [0.1, 0.15) is 5.69 Å². The number of halogens is 1. The normalized spacial score (nSPS) is 10.5. The van der Waals surface area contributed by atoms with Crippen molar-refractivity contribution in [3.8, 4) is 0 Å². The van der Waals surface area contributed by atoms with Gasteiger partial charge in [-0.25, -0.2) is 4.52 Å². The lowest BCUT2D eigenvalue weighted by Gasteiger charge is -1.87. The number of nitrogens with zero attached hydrogens (tertiary/aromatic N) is 2. The van der Waals surface area contributed by atoms with Crippen LogP contribution in [0.2, 0.25) is 0 Å². The van der Waals surface area contributed by atoms with Gasteiger partial charge in [-0.1, -0.05) is 6.07 Å². The molecule has 0 saturated carbocycles. The summed E-state index contributed by atoms with van der Waals surface area (Å²) in [6, 6.07) is 7.36. The molecule has 2 heterocycles. The number of fused-ring (bicyclic) bond motifs is 1. The zero-order valence-corrected chi connectivity index (χ0v) is 7.53. The maximum absolute atomic E-state index is 11.2. The average molecular weight is 195 g/mol. The molecule has 0 saturated heterocycles. The van der Waals surface area contributed by atoms with E-state index < -0.39 is 0 Å². The number of rotatable bonds is 2. The van der Waals surface area contributed by atoms with Crippen LogP contribution in [0.15, 0.2) is 30.5 Å². The SMILES string of the molecule is O=C(CCl)c1cc2ccccn2n1. The van der Waals surface area contributed by atoms with E-state index in [1.807, 2.05) is 18.2 Å². The first-order valence-corrected chi connectivity index (χ1v) is 4.38. The fourth-order valence-electron chi connectivity index (χ4n) is 1.14. The molecule has 2 aromatic rings. The molecule has 0 aliphatic carbocycles. The van der Waals surface area contributed by atoms with E-state index in [2.05, 4.69) is 5.10 Å². The second-order valence-electron chi connectivity index (χ2n) is 2.66. The van der Waals surface area contributed by atoms with Crippen molar-refractivity contribution in [1.29, 1.82) is 0 Å². The highest BCUT2D eigenvalue weighted by Gasteiger charge is 2.08. The van der Waals surface area contributed by atoms with Gasteiger partial charge in [-0.05, 0) is 18.2 Å². The molecule has 0 unspecified atom stereocenters. The fourth-order valence-corrected chi connectivity index (χ4v) is 1.28. The van der Waals surface area contributed by atoms with Crippen molar-refractivity contribution in [2.45, 2.75) is 0 Å². The van der Waals surface area contributed by atoms with E-state index >= 15 is 0 Å². The van der Waals surface area contributed by atoms with Gasteiger partial charge in [-0.2, -0.15) is 5.10 Å². The predicted molar refractivity (Wildman–Crippen MR) is 50.2 cm³/mol. The minimum Gasteiger partial charge on any atom is -0.291 e. The standard InChI is InChI=1S/C9H7ClN2O/c10-6-9(13)8-5-7-3-1-2-4-12(7)11-8/h1-5H,6H2. The highest BCUT2D eigenvalue weighted by atomic mass is 35.5. The number of alkyl halides is 1. The smallest absolute Gasteiger partial charge is 0.197 e. The van der Waals surface area contributed by atoms with Crippen LogP contribution in [0, 0.1) is 0 Å². The van der Waals surface area contributed by atoms with Crippen molar-refractivity contribution >= 4 is 22.9 Å². The molecule has 13 heavy (non-hydrogen) atoms. The molecule has 0 N–H and O–H groups in total. The third kappa shape index (κ3) is 1.42. The zero-order chi connectivity index (χ0) is 9.26. The van der Waals surface area contributed by atoms with E-state index in [0.29, 0.717) is 5.69 Å². The van der Waals surface area contributed by atoms with Crippen molar-refractivity contribution in [2.75, 3.05) is 5.88 Å². The number of hydrogen-bond acceptors (Lipinski definition) is 2. The highest BCUT2D eigenvalue weighted by molar-refractivity contribution is 6.30. The Kier molecular flexibility index (Phi) is 2.02. The number of hydrogen-bond donors (Lipinski definition) is 0. The summed E-state index contributed by atoms with van der Waals surface area (Å²) in [5.41, 5.74) is 1.32. The number of pyridine rings is 1. The molecule has 3 nitrogen and oxygen atoms in total. The van der Waals surface area contributed by atoms with Gasteiger partial charge in [0.25, 0.3) is 0 Å². The largest absolute Gasteiger partial charge is 0.291 e. The Morgan fingerprint density at radius 1 is 1.54 bits per heavy atom. The summed E-state index contributed by atoms with van der Waals surface area (Å²) < 4.78 is 1.65. The van der Waals surface area contributed by atoms with Gasteiger partial charge in [-0.15, -0.1) is 11.6 Å². The third-order valence-electron chi connectivity index (χ3n) is 1.78. The molecule has 0 aromatic carbocycles. The summed E-state index contributed by atoms with van der Waals surface area (Å²) in [7, 11) is 0. The molecule has 0 aliphatic rings. The Balaban J connectivity index is 2.56.